The minimum atomic E-state index is 0.251. The predicted molar refractivity (Wildman–Crippen MR) is 55.6 cm³/mol. The van der Waals surface area contributed by atoms with Crippen molar-refractivity contribution >= 4 is 0 Å². The summed E-state index contributed by atoms with van der Waals surface area (Å²) >= 11 is 0. The lowest BCUT2D eigenvalue weighted by atomic mass is 9.71. The molecule has 0 heterocycles. The molecule has 1 aliphatic rings. The minimum absolute atomic E-state index is 0.251. The van der Waals surface area contributed by atoms with Crippen molar-refractivity contribution in [3.05, 3.63) is 0 Å². The molecule has 1 aliphatic carbocycles. The maximum Gasteiger partial charge on any atom is 0.0616 e. The summed E-state index contributed by atoms with van der Waals surface area (Å²) in [6.07, 6.45) is 5.18. The van der Waals surface area contributed by atoms with E-state index in [-0.39, 0.29) is 6.04 Å². The van der Waals surface area contributed by atoms with Gasteiger partial charge in [-0.15, -0.1) is 0 Å². The number of ether oxygens (including phenoxy) is 1. The van der Waals surface area contributed by atoms with E-state index in [0.717, 1.165) is 0 Å². The molecule has 1 fully saturated rings. The summed E-state index contributed by atoms with van der Waals surface area (Å²) in [7, 11) is 1.73. The molecule has 0 radical (unpaired) electrons. The standard InChI is InChI=1S/C11H23NO/c1-11(2)6-4-9(5-7-11)10(12)8-13-3/h9-10H,4-8,12H2,1-3H3. The van der Waals surface area contributed by atoms with Gasteiger partial charge in [-0.2, -0.15) is 0 Å². The van der Waals surface area contributed by atoms with Gasteiger partial charge in [0.25, 0.3) is 0 Å². The van der Waals surface area contributed by atoms with Crippen LogP contribution in [0.3, 0.4) is 0 Å². The summed E-state index contributed by atoms with van der Waals surface area (Å²) in [5, 5.41) is 0. The first kappa shape index (κ1) is 11.0. The molecule has 1 unspecified atom stereocenters. The average Bonchev–Trinajstić information content (AvgIpc) is 2.04. The van der Waals surface area contributed by atoms with Gasteiger partial charge in [0, 0.05) is 13.2 Å². The summed E-state index contributed by atoms with van der Waals surface area (Å²) in [4.78, 5) is 0. The topological polar surface area (TPSA) is 35.2 Å². The molecule has 1 rings (SSSR count). The molecule has 0 aromatic rings. The normalized spacial score (nSPS) is 25.8. The van der Waals surface area contributed by atoms with Crippen LogP contribution in [0.1, 0.15) is 39.5 Å². The van der Waals surface area contributed by atoms with Gasteiger partial charge in [0.15, 0.2) is 0 Å². The van der Waals surface area contributed by atoms with Crippen LogP contribution in [0.2, 0.25) is 0 Å². The van der Waals surface area contributed by atoms with Crippen molar-refractivity contribution in [3.63, 3.8) is 0 Å². The van der Waals surface area contributed by atoms with Gasteiger partial charge < -0.3 is 10.5 Å². The summed E-state index contributed by atoms with van der Waals surface area (Å²) in [5.74, 6) is 0.688. The largest absolute Gasteiger partial charge is 0.383 e. The smallest absolute Gasteiger partial charge is 0.0616 e. The van der Waals surface area contributed by atoms with Gasteiger partial charge in [0.05, 0.1) is 6.61 Å². The second kappa shape index (κ2) is 4.43. The van der Waals surface area contributed by atoms with Gasteiger partial charge in [-0.05, 0) is 37.0 Å². The van der Waals surface area contributed by atoms with E-state index in [2.05, 4.69) is 13.8 Å². The third-order valence-corrected chi connectivity index (χ3v) is 3.35. The summed E-state index contributed by atoms with van der Waals surface area (Å²) in [5.41, 5.74) is 6.57. The highest BCUT2D eigenvalue weighted by molar-refractivity contribution is 4.83. The fraction of sp³-hybridized carbons (Fsp3) is 1.00. The summed E-state index contributed by atoms with van der Waals surface area (Å²) in [6.45, 7) is 5.42. The SMILES string of the molecule is COCC(N)C1CCC(C)(C)CC1. The van der Waals surface area contributed by atoms with Crippen molar-refractivity contribution < 1.29 is 4.74 Å². The second-order valence-electron chi connectivity index (χ2n) is 5.12. The van der Waals surface area contributed by atoms with Crippen LogP contribution in [0, 0.1) is 11.3 Å². The van der Waals surface area contributed by atoms with E-state index in [0.29, 0.717) is 17.9 Å². The molecule has 2 N–H and O–H groups in total. The monoisotopic (exact) mass is 185 g/mol. The first-order chi connectivity index (χ1) is 6.05. The molecule has 0 saturated heterocycles. The second-order valence-corrected chi connectivity index (χ2v) is 5.12. The predicted octanol–water partition coefficient (Wildman–Crippen LogP) is 2.18. The number of hydrogen-bond acceptors (Lipinski definition) is 2. The molecule has 0 bridgehead atoms. The highest BCUT2D eigenvalue weighted by atomic mass is 16.5. The molecule has 1 saturated carbocycles. The lowest BCUT2D eigenvalue weighted by Gasteiger charge is -2.36. The van der Waals surface area contributed by atoms with Crippen LogP contribution in [-0.2, 0) is 4.74 Å². The Morgan fingerprint density at radius 2 is 1.92 bits per heavy atom. The third-order valence-electron chi connectivity index (χ3n) is 3.35. The van der Waals surface area contributed by atoms with Crippen LogP contribution in [0.4, 0.5) is 0 Å². The van der Waals surface area contributed by atoms with Gasteiger partial charge >= 0.3 is 0 Å². The molecular weight excluding hydrogens is 162 g/mol. The van der Waals surface area contributed by atoms with E-state index < -0.39 is 0 Å². The van der Waals surface area contributed by atoms with Crippen LogP contribution < -0.4 is 5.73 Å². The van der Waals surface area contributed by atoms with E-state index in [1.54, 1.807) is 7.11 Å². The molecule has 1 atom stereocenters. The van der Waals surface area contributed by atoms with Crippen molar-refractivity contribution in [2.75, 3.05) is 13.7 Å². The van der Waals surface area contributed by atoms with Crippen molar-refractivity contribution in [1.29, 1.82) is 0 Å². The molecule has 0 aromatic carbocycles. The maximum absolute atomic E-state index is 6.02. The van der Waals surface area contributed by atoms with Crippen molar-refractivity contribution in [1.82, 2.24) is 0 Å². The Morgan fingerprint density at radius 3 is 2.38 bits per heavy atom. The zero-order chi connectivity index (χ0) is 9.90. The molecule has 0 amide bonds. The number of nitrogens with two attached hydrogens (primary N) is 1. The zero-order valence-electron chi connectivity index (χ0n) is 9.18. The zero-order valence-corrected chi connectivity index (χ0v) is 9.18. The van der Waals surface area contributed by atoms with Crippen molar-refractivity contribution in [2.45, 2.75) is 45.6 Å². The molecular formula is C11H23NO. The molecule has 0 spiro atoms. The molecule has 13 heavy (non-hydrogen) atoms. The van der Waals surface area contributed by atoms with Crippen molar-refractivity contribution in [3.8, 4) is 0 Å². The lowest BCUT2D eigenvalue weighted by molar-refractivity contribution is 0.116. The van der Waals surface area contributed by atoms with Crippen molar-refractivity contribution in [2.24, 2.45) is 17.1 Å². The maximum atomic E-state index is 6.02. The fourth-order valence-electron chi connectivity index (χ4n) is 2.18. The Morgan fingerprint density at radius 1 is 1.38 bits per heavy atom. The first-order valence-corrected chi connectivity index (χ1v) is 5.30. The molecule has 2 nitrogen and oxygen atoms in total. The van der Waals surface area contributed by atoms with Gasteiger partial charge in [-0.25, -0.2) is 0 Å². The minimum Gasteiger partial charge on any atom is -0.383 e. The van der Waals surface area contributed by atoms with Gasteiger partial charge in [0.2, 0.25) is 0 Å². The van der Waals surface area contributed by atoms with Crippen LogP contribution in [0.25, 0.3) is 0 Å². The van der Waals surface area contributed by atoms with Crippen LogP contribution >= 0.6 is 0 Å². The highest BCUT2D eigenvalue weighted by Crippen LogP contribution is 2.38. The summed E-state index contributed by atoms with van der Waals surface area (Å²) in [6, 6.07) is 0.251. The highest BCUT2D eigenvalue weighted by Gasteiger charge is 2.29. The Balaban J connectivity index is 2.32. The van der Waals surface area contributed by atoms with Crippen LogP contribution in [0.15, 0.2) is 0 Å². The molecule has 78 valence electrons. The molecule has 0 aromatic heterocycles. The van der Waals surface area contributed by atoms with E-state index in [4.69, 9.17) is 10.5 Å². The van der Waals surface area contributed by atoms with Gasteiger partial charge in [-0.1, -0.05) is 13.8 Å². The van der Waals surface area contributed by atoms with E-state index in [1.165, 1.54) is 25.7 Å². The molecule has 2 heteroatoms. The van der Waals surface area contributed by atoms with Crippen LogP contribution in [-0.4, -0.2) is 19.8 Å². The first-order valence-electron chi connectivity index (χ1n) is 5.30. The lowest BCUT2D eigenvalue weighted by Crippen LogP contribution is -2.38. The third kappa shape index (κ3) is 3.28. The molecule has 0 aliphatic heterocycles. The fourth-order valence-corrected chi connectivity index (χ4v) is 2.18. The van der Waals surface area contributed by atoms with Gasteiger partial charge in [0.1, 0.15) is 0 Å². The number of methoxy groups -OCH3 is 1. The van der Waals surface area contributed by atoms with Crippen LogP contribution in [0.5, 0.6) is 0 Å². The van der Waals surface area contributed by atoms with Gasteiger partial charge in [-0.3, -0.25) is 0 Å². The Hall–Kier alpha value is -0.0800. The Bertz CT molecular complexity index is 146. The quantitative estimate of drug-likeness (QED) is 0.731. The Kier molecular flexibility index (Phi) is 3.74. The number of hydrogen-bond donors (Lipinski definition) is 1. The van der Waals surface area contributed by atoms with E-state index in [1.807, 2.05) is 0 Å². The number of rotatable bonds is 3. The van der Waals surface area contributed by atoms with E-state index >= 15 is 0 Å². The summed E-state index contributed by atoms with van der Waals surface area (Å²) < 4.78 is 5.08. The van der Waals surface area contributed by atoms with E-state index in [9.17, 15) is 0 Å². The Labute approximate surface area is 81.8 Å². The average molecular weight is 185 g/mol.